The van der Waals surface area contributed by atoms with Gasteiger partial charge in [-0.25, -0.2) is 4.79 Å². The summed E-state index contributed by atoms with van der Waals surface area (Å²) in [5.41, 5.74) is 1.33. The molecule has 0 fully saturated rings. The summed E-state index contributed by atoms with van der Waals surface area (Å²) in [7, 11) is 0. The van der Waals surface area contributed by atoms with Gasteiger partial charge >= 0.3 is 5.63 Å². The molecule has 0 spiro atoms. The van der Waals surface area contributed by atoms with Crippen LogP contribution in [0.4, 0.5) is 0 Å². The number of para-hydroxylation sites is 1. The largest absolute Gasteiger partial charge is 0.488 e. The second kappa shape index (κ2) is 5.95. The molecule has 0 amide bonds. The number of hydrogen-bond donors (Lipinski definition) is 1. The average Bonchev–Trinajstić information content (AvgIpc) is 2.86. The smallest absolute Gasteiger partial charge is 0.336 e. The van der Waals surface area contributed by atoms with Crippen molar-refractivity contribution in [2.75, 3.05) is 6.61 Å². The fourth-order valence-electron chi connectivity index (χ4n) is 2.82. The van der Waals surface area contributed by atoms with Gasteiger partial charge in [0.05, 0.1) is 5.02 Å². The van der Waals surface area contributed by atoms with E-state index in [1.807, 2.05) is 18.2 Å². The number of fused-ring (bicyclic) bond motifs is 3. The summed E-state index contributed by atoms with van der Waals surface area (Å²) in [5.74, 6) is 0.498. The van der Waals surface area contributed by atoms with Crippen LogP contribution in [-0.2, 0) is 0 Å². The van der Waals surface area contributed by atoms with Gasteiger partial charge < -0.3 is 14.3 Å². The molecule has 1 atom stereocenters. The molecule has 6 heteroatoms. The monoisotopic (exact) mass is 372 g/mol. The number of ether oxygens (including phenoxy) is 1. The minimum Gasteiger partial charge on any atom is -0.488 e. The molecule has 0 saturated heterocycles. The topological polar surface area (TPSA) is 59.7 Å². The Balaban J connectivity index is 1.69. The number of rotatable bonds is 3. The van der Waals surface area contributed by atoms with Crippen LogP contribution in [-0.4, -0.2) is 16.6 Å². The summed E-state index contributed by atoms with van der Waals surface area (Å²) in [6, 6.07) is 13.7. The lowest BCUT2D eigenvalue weighted by molar-refractivity contribution is 0.126. The van der Waals surface area contributed by atoms with Gasteiger partial charge in [-0.15, -0.1) is 0 Å². The van der Waals surface area contributed by atoms with Gasteiger partial charge in [0.2, 0.25) is 0 Å². The molecule has 0 bridgehead atoms. The van der Waals surface area contributed by atoms with Gasteiger partial charge in [0, 0.05) is 21.9 Å². The maximum atomic E-state index is 11.4. The third-order valence-corrected chi connectivity index (χ3v) is 5.65. The van der Waals surface area contributed by atoms with Crippen molar-refractivity contribution in [2.45, 2.75) is 9.83 Å². The Kier molecular flexibility index (Phi) is 3.87. The van der Waals surface area contributed by atoms with E-state index < -0.39 is 10.6 Å². The van der Waals surface area contributed by atoms with Crippen LogP contribution in [0.15, 0.2) is 69.2 Å². The zero-order valence-corrected chi connectivity index (χ0v) is 14.6. The van der Waals surface area contributed by atoms with Gasteiger partial charge in [0.1, 0.15) is 17.9 Å². The van der Waals surface area contributed by atoms with Crippen molar-refractivity contribution >= 4 is 39.9 Å². The normalized spacial score (nSPS) is 19.2. The predicted octanol–water partition coefficient (Wildman–Crippen LogP) is 4.33. The number of hydrogen-bond acceptors (Lipinski definition) is 5. The van der Waals surface area contributed by atoms with E-state index in [2.05, 4.69) is 6.58 Å². The molecule has 1 aliphatic heterocycles. The minimum absolute atomic E-state index is 0.00676. The summed E-state index contributed by atoms with van der Waals surface area (Å²) in [6.07, 6.45) is 0. The second-order valence-electron chi connectivity index (χ2n) is 5.69. The molecule has 2 heterocycles. The van der Waals surface area contributed by atoms with Gasteiger partial charge in [-0.3, -0.25) is 0 Å². The van der Waals surface area contributed by atoms with Gasteiger partial charge in [0.15, 0.2) is 4.93 Å². The fraction of sp³-hybridized carbons (Fsp3) is 0.105. The van der Waals surface area contributed by atoms with Crippen molar-refractivity contribution in [3.05, 3.63) is 76.1 Å². The quantitative estimate of drug-likeness (QED) is 0.693. The van der Waals surface area contributed by atoms with E-state index in [-0.39, 0.29) is 6.61 Å². The highest BCUT2D eigenvalue weighted by molar-refractivity contribution is 8.01. The van der Waals surface area contributed by atoms with Crippen LogP contribution in [0.25, 0.3) is 16.5 Å². The van der Waals surface area contributed by atoms with E-state index in [0.29, 0.717) is 21.9 Å². The Morgan fingerprint density at radius 3 is 2.80 bits per heavy atom. The second-order valence-corrected chi connectivity index (χ2v) is 7.42. The average molecular weight is 373 g/mol. The molecule has 126 valence electrons. The van der Waals surface area contributed by atoms with Crippen LogP contribution in [0, 0.1) is 0 Å². The molecule has 0 radical (unpaired) electrons. The van der Waals surface area contributed by atoms with Crippen molar-refractivity contribution in [3.8, 4) is 5.75 Å². The number of aliphatic hydroxyl groups is 1. The lowest BCUT2D eigenvalue weighted by atomic mass is 9.98. The van der Waals surface area contributed by atoms with Crippen molar-refractivity contribution in [3.63, 3.8) is 0 Å². The standard InChI is InChI=1S/C19H13ClO4S/c1-11-18-12-6-9-17(21)24-14(12)7-8-16(18)25-19(11,22)10-23-15-5-3-2-4-13(15)20/h2-9,22H,1,10H2. The Bertz CT molecular complexity index is 1060. The van der Waals surface area contributed by atoms with Crippen molar-refractivity contribution in [2.24, 2.45) is 0 Å². The van der Waals surface area contributed by atoms with Gasteiger partial charge in [-0.05, 0) is 35.9 Å². The van der Waals surface area contributed by atoms with Gasteiger partial charge in [0.25, 0.3) is 0 Å². The van der Waals surface area contributed by atoms with E-state index >= 15 is 0 Å². The zero-order chi connectivity index (χ0) is 17.6. The van der Waals surface area contributed by atoms with E-state index in [0.717, 1.165) is 15.8 Å². The number of benzene rings is 2. The maximum Gasteiger partial charge on any atom is 0.336 e. The third-order valence-electron chi connectivity index (χ3n) is 4.08. The molecule has 4 rings (SSSR count). The van der Waals surface area contributed by atoms with E-state index in [4.69, 9.17) is 20.8 Å². The minimum atomic E-state index is -1.33. The van der Waals surface area contributed by atoms with Crippen LogP contribution in [0.3, 0.4) is 0 Å². The van der Waals surface area contributed by atoms with Crippen molar-refractivity contribution < 1.29 is 14.3 Å². The van der Waals surface area contributed by atoms with Crippen LogP contribution in [0.2, 0.25) is 5.02 Å². The summed E-state index contributed by atoms with van der Waals surface area (Å²) in [6.45, 7) is 4.05. The summed E-state index contributed by atoms with van der Waals surface area (Å²) in [5, 5.41) is 12.3. The maximum absolute atomic E-state index is 11.4. The Morgan fingerprint density at radius 1 is 1.20 bits per heavy atom. The zero-order valence-electron chi connectivity index (χ0n) is 13.0. The first-order valence-corrected chi connectivity index (χ1v) is 8.73. The first-order valence-electron chi connectivity index (χ1n) is 7.53. The summed E-state index contributed by atoms with van der Waals surface area (Å²) >= 11 is 7.35. The number of halogens is 1. The lowest BCUT2D eigenvalue weighted by Gasteiger charge is -2.23. The lowest BCUT2D eigenvalue weighted by Crippen LogP contribution is -2.30. The van der Waals surface area contributed by atoms with Crippen LogP contribution >= 0.6 is 23.4 Å². The Morgan fingerprint density at radius 2 is 2.00 bits per heavy atom. The predicted molar refractivity (Wildman–Crippen MR) is 99.3 cm³/mol. The third kappa shape index (κ3) is 2.74. The molecule has 1 aromatic heterocycles. The van der Waals surface area contributed by atoms with Crippen molar-refractivity contribution in [1.82, 2.24) is 0 Å². The van der Waals surface area contributed by atoms with Crippen molar-refractivity contribution in [1.29, 1.82) is 0 Å². The van der Waals surface area contributed by atoms with Gasteiger partial charge in [-0.1, -0.05) is 42.1 Å². The molecular weight excluding hydrogens is 360 g/mol. The Labute approximate surface area is 152 Å². The molecule has 1 unspecified atom stereocenters. The molecule has 1 N–H and O–H groups in total. The SMILES string of the molecule is C=C1c2c(ccc3oc(=O)ccc23)SC1(O)COc1ccccc1Cl. The van der Waals surface area contributed by atoms with Crippen LogP contribution in [0.1, 0.15) is 5.56 Å². The molecule has 3 aromatic rings. The highest BCUT2D eigenvalue weighted by Gasteiger charge is 2.42. The summed E-state index contributed by atoms with van der Waals surface area (Å²) < 4.78 is 10.9. The van der Waals surface area contributed by atoms with E-state index in [1.165, 1.54) is 17.8 Å². The highest BCUT2D eigenvalue weighted by Crippen LogP contribution is 2.52. The first-order chi connectivity index (χ1) is 12.0. The molecule has 0 aliphatic carbocycles. The molecule has 0 saturated carbocycles. The fourth-order valence-corrected chi connectivity index (χ4v) is 4.19. The number of thioether (sulfide) groups is 1. The van der Waals surface area contributed by atoms with E-state index in [1.54, 1.807) is 24.3 Å². The molecule has 1 aliphatic rings. The molecular formula is C19H13ClO4S. The molecule has 2 aromatic carbocycles. The summed E-state index contributed by atoms with van der Waals surface area (Å²) in [4.78, 5) is 10.9. The first kappa shape index (κ1) is 16.3. The van der Waals surface area contributed by atoms with Crippen LogP contribution < -0.4 is 10.4 Å². The van der Waals surface area contributed by atoms with E-state index in [9.17, 15) is 9.90 Å². The molecule has 4 nitrogen and oxygen atoms in total. The molecule has 25 heavy (non-hydrogen) atoms. The van der Waals surface area contributed by atoms with Gasteiger partial charge in [-0.2, -0.15) is 0 Å². The highest BCUT2D eigenvalue weighted by atomic mass is 35.5. The Hall–Kier alpha value is -2.21. The van der Waals surface area contributed by atoms with Crippen LogP contribution in [0.5, 0.6) is 5.75 Å².